The number of amides is 2. The normalized spacial score (nSPS) is 14.8. The minimum Gasteiger partial charge on any atom is -0.496 e. The van der Waals surface area contributed by atoms with Gasteiger partial charge in [-0.05, 0) is 37.1 Å². The highest BCUT2D eigenvalue weighted by Gasteiger charge is 2.21. The van der Waals surface area contributed by atoms with E-state index in [-0.39, 0.29) is 12.1 Å². The maximum Gasteiger partial charge on any atom is 0.315 e. The van der Waals surface area contributed by atoms with Gasteiger partial charge in [-0.1, -0.05) is 23.7 Å². The summed E-state index contributed by atoms with van der Waals surface area (Å²) in [4.78, 5) is 18.8. The van der Waals surface area contributed by atoms with Crippen LogP contribution in [0.4, 0.5) is 10.6 Å². The van der Waals surface area contributed by atoms with E-state index in [9.17, 15) is 4.79 Å². The Balaban J connectivity index is 1.46. The Kier molecular flexibility index (Phi) is 6.17. The van der Waals surface area contributed by atoms with Crippen LogP contribution in [0, 0.1) is 0 Å². The maximum atomic E-state index is 12.2. The number of hydrogen-bond donors (Lipinski definition) is 2. The highest BCUT2D eigenvalue weighted by molar-refractivity contribution is 6.31. The fraction of sp³-hybridized carbons (Fsp3) is 0.368. The number of carbonyl (C=O) groups excluding carboxylic acids is 1. The fourth-order valence-corrected chi connectivity index (χ4v) is 3.33. The molecular formula is C19H23ClN4O2. The van der Waals surface area contributed by atoms with E-state index in [1.54, 1.807) is 19.4 Å². The van der Waals surface area contributed by atoms with Gasteiger partial charge in [0.2, 0.25) is 0 Å². The van der Waals surface area contributed by atoms with Crippen molar-refractivity contribution in [3.8, 4) is 5.75 Å². The van der Waals surface area contributed by atoms with Crippen molar-refractivity contribution < 1.29 is 9.53 Å². The van der Waals surface area contributed by atoms with Crippen molar-refractivity contribution in [3.63, 3.8) is 0 Å². The third-order valence-electron chi connectivity index (χ3n) is 4.52. The number of hydrogen-bond acceptors (Lipinski definition) is 4. The molecule has 0 unspecified atom stereocenters. The fourth-order valence-electron chi connectivity index (χ4n) is 3.10. The zero-order valence-electron chi connectivity index (χ0n) is 14.7. The van der Waals surface area contributed by atoms with E-state index >= 15 is 0 Å². The van der Waals surface area contributed by atoms with Crippen LogP contribution < -0.4 is 20.3 Å². The molecule has 1 fully saturated rings. The second kappa shape index (κ2) is 8.76. The number of carbonyl (C=O) groups is 1. The summed E-state index contributed by atoms with van der Waals surface area (Å²) in [5.41, 5.74) is 0.775. The van der Waals surface area contributed by atoms with Gasteiger partial charge in [-0.3, -0.25) is 0 Å². The number of anilines is 1. The Morgan fingerprint density at radius 3 is 2.77 bits per heavy atom. The average molecular weight is 375 g/mol. The topological polar surface area (TPSA) is 66.5 Å². The van der Waals surface area contributed by atoms with Crippen LogP contribution in [0.2, 0.25) is 5.02 Å². The first-order chi connectivity index (χ1) is 12.7. The lowest BCUT2D eigenvalue weighted by molar-refractivity contribution is 0.234. The van der Waals surface area contributed by atoms with Crippen molar-refractivity contribution >= 4 is 23.4 Å². The molecule has 0 bridgehead atoms. The Morgan fingerprint density at radius 1 is 1.27 bits per heavy atom. The van der Waals surface area contributed by atoms with Crippen LogP contribution in [0.5, 0.6) is 5.75 Å². The molecule has 2 aromatic rings. The van der Waals surface area contributed by atoms with Crippen molar-refractivity contribution in [1.82, 2.24) is 15.6 Å². The highest BCUT2D eigenvalue weighted by Crippen LogP contribution is 2.25. The predicted octanol–water partition coefficient (Wildman–Crippen LogP) is 3.21. The van der Waals surface area contributed by atoms with Crippen molar-refractivity contribution in [1.29, 1.82) is 0 Å². The van der Waals surface area contributed by atoms with Crippen LogP contribution in [-0.2, 0) is 6.54 Å². The van der Waals surface area contributed by atoms with Gasteiger partial charge in [-0.15, -0.1) is 0 Å². The molecule has 2 amide bonds. The van der Waals surface area contributed by atoms with Gasteiger partial charge in [-0.2, -0.15) is 0 Å². The van der Waals surface area contributed by atoms with E-state index in [4.69, 9.17) is 16.3 Å². The first-order valence-electron chi connectivity index (χ1n) is 8.69. The number of rotatable bonds is 5. The minimum atomic E-state index is -0.191. The first-order valence-corrected chi connectivity index (χ1v) is 9.07. The van der Waals surface area contributed by atoms with Gasteiger partial charge in [-0.25, -0.2) is 9.78 Å². The molecule has 6 nitrogen and oxygen atoms in total. The molecule has 0 radical (unpaired) electrons. The summed E-state index contributed by atoms with van der Waals surface area (Å²) >= 11 is 6.19. The van der Waals surface area contributed by atoms with Crippen LogP contribution in [0.25, 0.3) is 0 Å². The SMILES string of the molecule is COc1cccc(Cl)c1CNC(=O)NC1CCN(c2ccccn2)CC1. The molecule has 1 aromatic heterocycles. The van der Waals surface area contributed by atoms with Crippen LogP contribution >= 0.6 is 11.6 Å². The van der Waals surface area contributed by atoms with Crippen LogP contribution in [0.15, 0.2) is 42.6 Å². The lowest BCUT2D eigenvalue weighted by Gasteiger charge is -2.33. The van der Waals surface area contributed by atoms with E-state index in [1.807, 2.05) is 30.3 Å². The number of methoxy groups -OCH3 is 1. The van der Waals surface area contributed by atoms with Crippen LogP contribution in [0.3, 0.4) is 0 Å². The molecule has 26 heavy (non-hydrogen) atoms. The number of urea groups is 1. The summed E-state index contributed by atoms with van der Waals surface area (Å²) < 4.78 is 5.29. The average Bonchev–Trinajstić information content (AvgIpc) is 2.68. The van der Waals surface area contributed by atoms with E-state index in [2.05, 4.69) is 20.5 Å². The quantitative estimate of drug-likeness (QED) is 0.843. The second-order valence-electron chi connectivity index (χ2n) is 6.20. The largest absolute Gasteiger partial charge is 0.496 e. The highest BCUT2D eigenvalue weighted by atomic mass is 35.5. The van der Waals surface area contributed by atoms with Crippen LogP contribution in [-0.4, -0.2) is 37.3 Å². The summed E-state index contributed by atoms with van der Waals surface area (Å²) in [6, 6.07) is 11.3. The molecule has 1 aliphatic rings. The number of piperidine rings is 1. The summed E-state index contributed by atoms with van der Waals surface area (Å²) in [5.74, 6) is 1.66. The molecule has 2 N–H and O–H groups in total. The number of pyridine rings is 1. The van der Waals surface area contributed by atoms with Gasteiger partial charge in [0.15, 0.2) is 0 Å². The first kappa shape index (κ1) is 18.3. The number of halogens is 1. The van der Waals surface area contributed by atoms with Gasteiger partial charge in [0, 0.05) is 42.5 Å². The van der Waals surface area contributed by atoms with E-state index in [0.717, 1.165) is 37.3 Å². The number of aromatic nitrogens is 1. The molecule has 0 spiro atoms. The van der Waals surface area contributed by atoms with Gasteiger partial charge < -0.3 is 20.3 Å². The molecule has 2 heterocycles. The van der Waals surface area contributed by atoms with Crippen LogP contribution in [0.1, 0.15) is 18.4 Å². The molecule has 0 aliphatic carbocycles. The molecule has 1 aromatic carbocycles. The number of nitrogens with zero attached hydrogens (tertiary/aromatic N) is 2. The molecule has 7 heteroatoms. The van der Waals surface area contributed by atoms with E-state index in [1.165, 1.54) is 0 Å². The predicted molar refractivity (Wildman–Crippen MR) is 103 cm³/mol. The summed E-state index contributed by atoms with van der Waals surface area (Å²) in [7, 11) is 1.59. The molecule has 3 rings (SSSR count). The van der Waals surface area contributed by atoms with E-state index in [0.29, 0.717) is 17.3 Å². The lowest BCUT2D eigenvalue weighted by atomic mass is 10.1. The van der Waals surface area contributed by atoms with Gasteiger partial charge in [0.1, 0.15) is 11.6 Å². The number of nitrogens with one attached hydrogen (secondary N) is 2. The molecule has 1 saturated heterocycles. The molecule has 138 valence electrons. The van der Waals surface area contributed by atoms with E-state index < -0.39 is 0 Å². The van der Waals surface area contributed by atoms with Crippen molar-refractivity contribution in [3.05, 3.63) is 53.2 Å². The van der Waals surface area contributed by atoms with Gasteiger partial charge in [0.25, 0.3) is 0 Å². The summed E-state index contributed by atoms with van der Waals surface area (Å²) in [6.07, 6.45) is 3.58. The zero-order chi connectivity index (χ0) is 18.4. The smallest absolute Gasteiger partial charge is 0.315 e. The van der Waals surface area contributed by atoms with Crippen molar-refractivity contribution in [2.75, 3.05) is 25.1 Å². The summed E-state index contributed by atoms with van der Waals surface area (Å²) in [5, 5.41) is 6.48. The second-order valence-corrected chi connectivity index (χ2v) is 6.60. The van der Waals surface area contributed by atoms with Crippen molar-refractivity contribution in [2.45, 2.75) is 25.4 Å². The number of ether oxygens (including phenoxy) is 1. The lowest BCUT2D eigenvalue weighted by Crippen LogP contribution is -2.48. The minimum absolute atomic E-state index is 0.156. The van der Waals surface area contributed by atoms with Crippen molar-refractivity contribution in [2.24, 2.45) is 0 Å². The Bertz CT molecular complexity index is 734. The molecular weight excluding hydrogens is 352 g/mol. The Hall–Kier alpha value is -2.47. The maximum absolute atomic E-state index is 12.2. The summed E-state index contributed by atoms with van der Waals surface area (Å²) in [6.45, 7) is 2.07. The third kappa shape index (κ3) is 4.58. The van der Waals surface area contributed by atoms with Gasteiger partial charge >= 0.3 is 6.03 Å². The Labute approximate surface area is 158 Å². The molecule has 1 aliphatic heterocycles. The number of benzene rings is 1. The zero-order valence-corrected chi connectivity index (χ0v) is 15.5. The van der Waals surface area contributed by atoms with Gasteiger partial charge in [0.05, 0.1) is 7.11 Å². The monoisotopic (exact) mass is 374 g/mol. The standard InChI is InChI=1S/C19H23ClN4O2/c1-26-17-6-4-5-16(20)15(17)13-22-19(25)23-14-8-11-24(12-9-14)18-7-2-3-10-21-18/h2-7,10,14H,8-9,11-13H2,1H3,(H2,22,23,25). The third-order valence-corrected chi connectivity index (χ3v) is 4.88. The molecule has 0 saturated carbocycles. The Morgan fingerprint density at radius 2 is 2.08 bits per heavy atom. The molecule has 0 atom stereocenters.